The van der Waals surface area contributed by atoms with Gasteiger partial charge in [0.05, 0.1) is 28.8 Å². The lowest BCUT2D eigenvalue weighted by Gasteiger charge is -2.20. The topological polar surface area (TPSA) is 76.6 Å². The van der Waals surface area contributed by atoms with Crippen LogP contribution in [-0.4, -0.2) is 32.2 Å². The van der Waals surface area contributed by atoms with Gasteiger partial charge in [-0.15, -0.1) is 0 Å². The number of carbonyl (C=O) groups excluding carboxylic acids is 1. The zero-order chi connectivity index (χ0) is 23.6. The molecule has 0 saturated heterocycles. The molecular formula is C24H21ClN2O4S2. The molecule has 3 aromatic carbocycles. The number of aromatic nitrogens is 1. The summed E-state index contributed by atoms with van der Waals surface area (Å²) < 4.78 is 31.9. The summed E-state index contributed by atoms with van der Waals surface area (Å²) in [7, 11) is -2.36. The van der Waals surface area contributed by atoms with Crippen LogP contribution in [0.25, 0.3) is 10.2 Å². The molecule has 6 nitrogen and oxygen atoms in total. The number of hydrogen-bond donors (Lipinski definition) is 0. The SMILES string of the molecule is COc1ccc(S(=O)(=O)CC(=O)N(Cc2ccccc2)c2nc3c(C)c(Cl)ccc3s2)cc1. The Morgan fingerprint density at radius 3 is 2.42 bits per heavy atom. The fraction of sp³-hybridized carbons (Fsp3) is 0.167. The third-order valence-corrected chi connectivity index (χ3v) is 8.25. The van der Waals surface area contributed by atoms with E-state index in [-0.39, 0.29) is 11.4 Å². The van der Waals surface area contributed by atoms with Crippen LogP contribution in [0.3, 0.4) is 0 Å². The average molecular weight is 501 g/mol. The number of thiazole rings is 1. The van der Waals surface area contributed by atoms with E-state index < -0.39 is 21.5 Å². The van der Waals surface area contributed by atoms with Crippen LogP contribution in [0, 0.1) is 6.92 Å². The molecule has 0 radical (unpaired) electrons. The van der Waals surface area contributed by atoms with E-state index in [0.29, 0.717) is 21.4 Å². The lowest BCUT2D eigenvalue weighted by Crippen LogP contribution is -2.35. The molecule has 1 amide bonds. The van der Waals surface area contributed by atoms with E-state index in [9.17, 15) is 13.2 Å². The maximum absolute atomic E-state index is 13.4. The Kier molecular flexibility index (Phi) is 6.69. The highest BCUT2D eigenvalue weighted by atomic mass is 35.5. The summed E-state index contributed by atoms with van der Waals surface area (Å²) in [4.78, 5) is 19.5. The third kappa shape index (κ3) is 5.03. The monoisotopic (exact) mass is 500 g/mol. The van der Waals surface area contributed by atoms with Gasteiger partial charge in [-0.3, -0.25) is 9.69 Å². The quantitative estimate of drug-likeness (QED) is 0.345. The highest BCUT2D eigenvalue weighted by Gasteiger charge is 2.27. The molecular weight excluding hydrogens is 480 g/mol. The van der Waals surface area contributed by atoms with Crippen LogP contribution in [0.2, 0.25) is 5.02 Å². The smallest absolute Gasteiger partial charge is 0.244 e. The lowest BCUT2D eigenvalue weighted by atomic mass is 10.2. The number of anilines is 1. The zero-order valence-corrected chi connectivity index (χ0v) is 20.4. The van der Waals surface area contributed by atoms with Crippen LogP contribution < -0.4 is 9.64 Å². The number of carbonyl (C=O) groups is 1. The fourth-order valence-corrected chi connectivity index (χ4v) is 5.73. The largest absolute Gasteiger partial charge is 0.497 e. The Morgan fingerprint density at radius 2 is 1.76 bits per heavy atom. The van der Waals surface area contributed by atoms with Crippen LogP contribution >= 0.6 is 22.9 Å². The molecule has 4 rings (SSSR count). The summed E-state index contributed by atoms with van der Waals surface area (Å²) >= 11 is 7.57. The van der Waals surface area contributed by atoms with E-state index in [0.717, 1.165) is 15.8 Å². The van der Waals surface area contributed by atoms with E-state index in [4.69, 9.17) is 16.3 Å². The molecule has 9 heteroatoms. The molecule has 0 aliphatic carbocycles. The second-order valence-corrected chi connectivity index (χ2v) is 10.8. The minimum atomic E-state index is -3.87. The first kappa shape index (κ1) is 23.2. The van der Waals surface area contributed by atoms with E-state index in [1.165, 1.54) is 35.5 Å². The Labute approximate surface area is 201 Å². The van der Waals surface area contributed by atoms with E-state index >= 15 is 0 Å². The molecule has 1 aromatic heterocycles. The van der Waals surface area contributed by atoms with Crippen molar-refractivity contribution in [3.8, 4) is 5.75 Å². The summed E-state index contributed by atoms with van der Waals surface area (Å²) in [5.74, 6) is -0.700. The number of ether oxygens (including phenoxy) is 1. The molecule has 0 spiro atoms. The van der Waals surface area contributed by atoms with Crippen molar-refractivity contribution in [3.63, 3.8) is 0 Å². The Balaban J connectivity index is 1.70. The number of nitrogens with zero attached hydrogens (tertiary/aromatic N) is 2. The predicted octanol–water partition coefficient (Wildman–Crippen LogP) is 5.27. The standard InChI is InChI=1S/C24H21ClN2O4S2/c1-16-20(25)12-13-21-23(16)26-24(32-21)27(14-17-6-4-3-5-7-17)22(28)15-33(29,30)19-10-8-18(31-2)9-11-19/h3-13H,14-15H2,1-2H3. The van der Waals surface area contributed by atoms with Crippen molar-refractivity contribution in [2.24, 2.45) is 0 Å². The number of rotatable bonds is 7. The summed E-state index contributed by atoms with van der Waals surface area (Å²) in [6.45, 7) is 2.07. The Bertz CT molecular complexity index is 1400. The molecule has 0 N–H and O–H groups in total. The van der Waals surface area contributed by atoms with E-state index in [2.05, 4.69) is 4.98 Å². The van der Waals surface area contributed by atoms with Gasteiger partial charge in [-0.05, 0) is 54.4 Å². The second kappa shape index (κ2) is 9.51. The normalized spacial score (nSPS) is 11.5. The van der Waals surface area contributed by atoms with Crippen LogP contribution in [-0.2, 0) is 21.2 Å². The van der Waals surface area contributed by atoms with Crippen LogP contribution in [0.1, 0.15) is 11.1 Å². The van der Waals surface area contributed by atoms with Crippen molar-refractivity contribution < 1.29 is 17.9 Å². The molecule has 0 aliphatic rings. The summed E-state index contributed by atoms with van der Waals surface area (Å²) in [6.07, 6.45) is 0. The van der Waals surface area contributed by atoms with Gasteiger partial charge in [0.15, 0.2) is 15.0 Å². The van der Waals surface area contributed by atoms with Gasteiger partial charge in [-0.2, -0.15) is 0 Å². The predicted molar refractivity (Wildman–Crippen MR) is 132 cm³/mol. The van der Waals surface area contributed by atoms with Gasteiger partial charge in [-0.1, -0.05) is 53.3 Å². The highest BCUT2D eigenvalue weighted by Crippen LogP contribution is 2.34. The lowest BCUT2D eigenvalue weighted by molar-refractivity contribution is -0.116. The minimum absolute atomic E-state index is 0.0586. The maximum Gasteiger partial charge on any atom is 0.244 e. The summed E-state index contributed by atoms with van der Waals surface area (Å²) in [6, 6.07) is 19.0. The van der Waals surface area contributed by atoms with Crippen LogP contribution in [0.4, 0.5) is 5.13 Å². The van der Waals surface area contributed by atoms with Gasteiger partial charge in [0.25, 0.3) is 0 Å². The second-order valence-electron chi connectivity index (χ2n) is 7.42. The first-order valence-electron chi connectivity index (χ1n) is 10.1. The molecule has 0 unspecified atom stereocenters. The van der Waals surface area contributed by atoms with Crippen molar-refractivity contribution in [3.05, 3.63) is 82.9 Å². The average Bonchev–Trinajstić information content (AvgIpc) is 3.25. The first-order chi connectivity index (χ1) is 15.8. The zero-order valence-electron chi connectivity index (χ0n) is 18.0. The number of sulfone groups is 1. The van der Waals surface area contributed by atoms with Gasteiger partial charge >= 0.3 is 0 Å². The van der Waals surface area contributed by atoms with Gasteiger partial charge in [-0.25, -0.2) is 13.4 Å². The molecule has 170 valence electrons. The summed E-state index contributed by atoms with van der Waals surface area (Å²) in [5, 5.41) is 1.01. The van der Waals surface area contributed by atoms with Crippen LogP contribution in [0.15, 0.2) is 71.6 Å². The molecule has 0 bridgehead atoms. The number of amides is 1. The van der Waals surface area contributed by atoms with Crippen molar-refractivity contribution in [2.45, 2.75) is 18.4 Å². The van der Waals surface area contributed by atoms with Crippen molar-refractivity contribution in [1.82, 2.24) is 4.98 Å². The van der Waals surface area contributed by atoms with Gasteiger partial charge in [0.1, 0.15) is 11.5 Å². The molecule has 33 heavy (non-hydrogen) atoms. The van der Waals surface area contributed by atoms with Gasteiger partial charge in [0, 0.05) is 5.02 Å². The Hall–Kier alpha value is -2.94. The number of fused-ring (bicyclic) bond motifs is 1. The Morgan fingerprint density at radius 1 is 1.06 bits per heavy atom. The molecule has 0 saturated carbocycles. The minimum Gasteiger partial charge on any atom is -0.497 e. The number of aryl methyl sites for hydroxylation is 1. The molecule has 4 aromatic rings. The van der Waals surface area contributed by atoms with Crippen molar-refractivity contribution in [2.75, 3.05) is 17.8 Å². The number of halogens is 1. The molecule has 0 fully saturated rings. The third-order valence-electron chi connectivity index (χ3n) is 5.18. The molecule has 1 heterocycles. The van der Waals surface area contributed by atoms with Crippen molar-refractivity contribution >= 4 is 54.0 Å². The van der Waals surface area contributed by atoms with Crippen molar-refractivity contribution in [1.29, 1.82) is 0 Å². The fourth-order valence-electron chi connectivity index (χ4n) is 3.34. The maximum atomic E-state index is 13.4. The summed E-state index contributed by atoms with van der Waals surface area (Å²) in [5.41, 5.74) is 2.38. The number of methoxy groups -OCH3 is 1. The van der Waals surface area contributed by atoms with Gasteiger partial charge in [0.2, 0.25) is 5.91 Å². The van der Waals surface area contributed by atoms with Crippen LogP contribution in [0.5, 0.6) is 5.75 Å². The number of hydrogen-bond acceptors (Lipinski definition) is 6. The van der Waals surface area contributed by atoms with E-state index in [1.807, 2.05) is 43.3 Å². The first-order valence-corrected chi connectivity index (χ1v) is 12.9. The molecule has 0 aliphatic heterocycles. The van der Waals surface area contributed by atoms with Gasteiger partial charge < -0.3 is 4.74 Å². The van der Waals surface area contributed by atoms with E-state index in [1.54, 1.807) is 18.2 Å². The number of benzene rings is 3. The highest BCUT2D eigenvalue weighted by molar-refractivity contribution is 7.92. The molecule has 0 atom stereocenters.